The molecule has 1 aliphatic rings. The van der Waals surface area contributed by atoms with Crippen LogP contribution in [0.5, 0.6) is 5.75 Å². The van der Waals surface area contributed by atoms with Gasteiger partial charge in [0.1, 0.15) is 10.8 Å². The van der Waals surface area contributed by atoms with Crippen LogP contribution in [0.1, 0.15) is 57.6 Å². The molecule has 1 aliphatic heterocycles. The van der Waals surface area contributed by atoms with Gasteiger partial charge in [-0.3, -0.25) is 24.6 Å². The molecule has 3 aromatic rings. The Bertz CT molecular complexity index is 1230. The van der Waals surface area contributed by atoms with Gasteiger partial charge in [0.2, 0.25) is 5.13 Å². The van der Waals surface area contributed by atoms with Crippen LogP contribution in [0.15, 0.2) is 42.5 Å². The maximum atomic E-state index is 12.5. The Hall–Kier alpha value is -3.59. The Morgan fingerprint density at radius 3 is 2.38 bits per heavy atom. The van der Waals surface area contributed by atoms with E-state index >= 15 is 0 Å². The van der Waals surface area contributed by atoms with Crippen LogP contribution in [0.3, 0.4) is 0 Å². The lowest BCUT2D eigenvalue weighted by molar-refractivity contribution is -0.118. The quantitative estimate of drug-likeness (QED) is 0.515. The van der Waals surface area contributed by atoms with E-state index in [0.717, 1.165) is 11.1 Å². The molecule has 2 aromatic carbocycles. The third-order valence-electron chi connectivity index (χ3n) is 5.44. The summed E-state index contributed by atoms with van der Waals surface area (Å²) < 4.78 is 5.79. The van der Waals surface area contributed by atoms with E-state index in [1.807, 2.05) is 19.1 Å². The number of benzene rings is 2. The molecule has 0 atom stereocenters. The van der Waals surface area contributed by atoms with Crippen LogP contribution in [0.25, 0.3) is 0 Å². The molecule has 176 valence electrons. The van der Waals surface area contributed by atoms with Gasteiger partial charge in [0.25, 0.3) is 17.7 Å². The number of rotatable bonds is 7. The second-order valence-corrected chi connectivity index (χ2v) is 10.2. The number of fused-ring (bicyclic) bond motifs is 1. The Morgan fingerprint density at radius 2 is 1.74 bits per heavy atom. The summed E-state index contributed by atoms with van der Waals surface area (Å²) in [6.45, 7) is 8.35. The number of hydrogen-bond donors (Lipinski definition) is 1. The fourth-order valence-electron chi connectivity index (χ4n) is 3.71. The van der Waals surface area contributed by atoms with Gasteiger partial charge >= 0.3 is 0 Å². The summed E-state index contributed by atoms with van der Waals surface area (Å²) in [6.07, 6.45) is 0.355. The molecule has 1 N–H and O–H groups in total. The van der Waals surface area contributed by atoms with E-state index in [2.05, 4.69) is 42.4 Å². The highest BCUT2D eigenvalue weighted by atomic mass is 32.1. The van der Waals surface area contributed by atoms with Gasteiger partial charge in [-0.05, 0) is 36.1 Å². The van der Waals surface area contributed by atoms with Crippen molar-refractivity contribution in [3.63, 3.8) is 0 Å². The van der Waals surface area contributed by atoms with Gasteiger partial charge in [-0.1, -0.05) is 61.9 Å². The molecule has 3 amide bonds. The monoisotopic (exact) mass is 478 g/mol. The molecule has 0 unspecified atom stereocenters. The van der Waals surface area contributed by atoms with Gasteiger partial charge in [-0.2, -0.15) is 0 Å². The SMILES string of the molecule is Cc1ccc(OCC(=O)Nc2nnc(CCN3C(=O)c4ccccc4C3=O)s2)c(C(C)(C)C)c1. The molecule has 34 heavy (non-hydrogen) atoms. The highest BCUT2D eigenvalue weighted by molar-refractivity contribution is 7.15. The Labute approximate surface area is 202 Å². The number of anilines is 1. The largest absolute Gasteiger partial charge is 0.483 e. The summed E-state index contributed by atoms with van der Waals surface area (Å²) in [4.78, 5) is 38.6. The first-order chi connectivity index (χ1) is 16.1. The number of amides is 3. The zero-order chi connectivity index (χ0) is 24.5. The smallest absolute Gasteiger partial charge is 0.264 e. The topological polar surface area (TPSA) is 101 Å². The summed E-state index contributed by atoms with van der Waals surface area (Å²) in [5.41, 5.74) is 2.88. The van der Waals surface area contributed by atoms with Crippen LogP contribution >= 0.6 is 11.3 Å². The molecule has 0 aliphatic carbocycles. The maximum absolute atomic E-state index is 12.5. The highest BCUT2D eigenvalue weighted by Gasteiger charge is 2.34. The van der Waals surface area contributed by atoms with Crippen molar-refractivity contribution in [1.82, 2.24) is 15.1 Å². The molecular weight excluding hydrogens is 452 g/mol. The summed E-state index contributed by atoms with van der Waals surface area (Å²) in [7, 11) is 0. The van der Waals surface area contributed by atoms with Crippen molar-refractivity contribution in [1.29, 1.82) is 0 Å². The van der Waals surface area contributed by atoms with Crippen molar-refractivity contribution in [3.05, 3.63) is 69.7 Å². The number of hydrogen-bond acceptors (Lipinski definition) is 7. The van der Waals surface area contributed by atoms with Crippen molar-refractivity contribution in [3.8, 4) is 5.75 Å². The van der Waals surface area contributed by atoms with Crippen LogP contribution < -0.4 is 10.1 Å². The molecule has 1 aromatic heterocycles. The molecule has 0 spiro atoms. The standard InChI is InChI=1S/C25H26N4O4S/c1-15-9-10-19(18(13-15)25(2,3)4)33-14-20(30)26-24-28-27-21(34-24)11-12-29-22(31)16-7-5-6-8-17(16)23(29)32/h5-10,13H,11-12,14H2,1-4H3,(H,26,28,30). The number of aryl methyl sites for hydroxylation is 1. The van der Waals surface area contributed by atoms with E-state index in [4.69, 9.17) is 4.74 Å². The highest BCUT2D eigenvalue weighted by Crippen LogP contribution is 2.32. The Kier molecular flexibility index (Phi) is 6.47. The molecule has 0 bridgehead atoms. The molecule has 8 nitrogen and oxygen atoms in total. The number of imide groups is 1. The number of nitrogens with zero attached hydrogens (tertiary/aromatic N) is 3. The minimum Gasteiger partial charge on any atom is -0.483 e. The fraction of sp³-hybridized carbons (Fsp3) is 0.320. The van der Waals surface area contributed by atoms with Gasteiger partial charge in [0.05, 0.1) is 11.1 Å². The third kappa shape index (κ3) is 4.99. The second kappa shape index (κ2) is 9.34. The summed E-state index contributed by atoms with van der Waals surface area (Å²) >= 11 is 1.20. The van der Waals surface area contributed by atoms with Gasteiger partial charge in [-0.15, -0.1) is 10.2 Å². The molecule has 0 fully saturated rings. The lowest BCUT2D eigenvalue weighted by Crippen LogP contribution is -2.31. The number of aromatic nitrogens is 2. The van der Waals surface area contributed by atoms with Crippen LogP contribution in [0.2, 0.25) is 0 Å². The molecule has 0 radical (unpaired) electrons. The van der Waals surface area contributed by atoms with Gasteiger partial charge in [0, 0.05) is 13.0 Å². The van der Waals surface area contributed by atoms with Crippen molar-refractivity contribution >= 4 is 34.2 Å². The van der Waals surface area contributed by atoms with E-state index < -0.39 is 0 Å². The predicted octanol–water partition coefficient (Wildman–Crippen LogP) is 4.00. The van der Waals surface area contributed by atoms with Gasteiger partial charge in [-0.25, -0.2) is 0 Å². The van der Waals surface area contributed by atoms with E-state index in [-0.39, 0.29) is 36.3 Å². The summed E-state index contributed by atoms with van der Waals surface area (Å²) in [5.74, 6) is -0.279. The second-order valence-electron chi connectivity index (χ2n) is 9.14. The first-order valence-corrected chi connectivity index (χ1v) is 11.8. The van der Waals surface area contributed by atoms with Crippen molar-refractivity contribution in [2.75, 3.05) is 18.5 Å². The number of carbonyl (C=O) groups is 3. The molecular formula is C25H26N4O4S. The Morgan fingerprint density at radius 1 is 1.06 bits per heavy atom. The van der Waals surface area contributed by atoms with Gasteiger partial charge < -0.3 is 4.74 Å². The van der Waals surface area contributed by atoms with Gasteiger partial charge in [0.15, 0.2) is 6.61 Å². The van der Waals surface area contributed by atoms with E-state index in [1.165, 1.54) is 16.2 Å². The zero-order valence-corrected chi connectivity index (χ0v) is 20.4. The van der Waals surface area contributed by atoms with E-state index in [1.54, 1.807) is 24.3 Å². The number of ether oxygens (including phenoxy) is 1. The van der Waals surface area contributed by atoms with Crippen molar-refractivity contribution < 1.29 is 19.1 Å². The van der Waals surface area contributed by atoms with Crippen molar-refractivity contribution in [2.45, 2.75) is 39.5 Å². The van der Waals surface area contributed by atoms with Crippen molar-refractivity contribution in [2.24, 2.45) is 0 Å². The minimum atomic E-state index is -0.344. The molecule has 0 saturated heterocycles. The number of nitrogens with one attached hydrogen (secondary N) is 1. The van der Waals surface area contributed by atoms with Crippen LogP contribution in [0, 0.1) is 6.92 Å². The Balaban J connectivity index is 1.31. The zero-order valence-electron chi connectivity index (χ0n) is 19.5. The van der Waals surface area contributed by atoms with Crippen LogP contribution in [-0.2, 0) is 16.6 Å². The maximum Gasteiger partial charge on any atom is 0.264 e. The third-order valence-corrected chi connectivity index (χ3v) is 6.34. The lowest BCUT2D eigenvalue weighted by Gasteiger charge is -2.23. The number of carbonyl (C=O) groups excluding carboxylic acids is 3. The average molecular weight is 479 g/mol. The molecule has 9 heteroatoms. The predicted molar refractivity (Wildman–Crippen MR) is 129 cm³/mol. The van der Waals surface area contributed by atoms with Crippen LogP contribution in [0.4, 0.5) is 5.13 Å². The minimum absolute atomic E-state index is 0.120. The summed E-state index contributed by atoms with van der Waals surface area (Å²) in [5, 5.41) is 11.7. The van der Waals surface area contributed by atoms with E-state index in [0.29, 0.717) is 33.4 Å². The lowest BCUT2D eigenvalue weighted by atomic mass is 9.85. The average Bonchev–Trinajstić information content (AvgIpc) is 3.33. The molecule has 0 saturated carbocycles. The summed E-state index contributed by atoms with van der Waals surface area (Å²) in [6, 6.07) is 12.7. The van der Waals surface area contributed by atoms with Crippen LogP contribution in [-0.4, -0.2) is 46.0 Å². The normalized spacial score (nSPS) is 13.2. The molecule has 2 heterocycles. The van der Waals surface area contributed by atoms with E-state index in [9.17, 15) is 14.4 Å². The first kappa shape index (κ1) is 23.6. The molecule has 4 rings (SSSR count). The fourth-order valence-corrected chi connectivity index (χ4v) is 4.45. The first-order valence-electron chi connectivity index (χ1n) is 10.9.